The van der Waals surface area contributed by atoms with E-state index in [1.54, 1.807) is 11.1 Å². The quantitative estimate of drug-likeness (QED) is 0.257. The third-order valence-corrected chi connectivity index (χ3v) is 8.79. The van der Waals surface area contributed by atoms with Crippen LogP contribution in [0.25, 0.3) is 22.9 Å². The smallest absolute Gasteiger partial charge is 0.0571 e. The van der Waals surface area contributed by atoms with Crippen molar-refractivity contribution in [3.63, 3.8) is 0 Å². The van der Waals surface area contributed by atoms with Gasteiger partial charge in [0.2, 0.25) is 0 Å². The molecule has 2 saturated carbocycles. The van der Waals surface area contributed by atoms with Crippen LogP contribution in [0.15, 0.2) is 90.0 Å². The minimum Gasteiger partial charge on any atom is -0.310 e. The molecule has 0 aromatic heterocycles. The van der Waals surface area contributed by atoms with Crippen molar-refractivity contribution >= 4 is 40.0 Å². The topological polar surface area (TPSA) is 3.24 Å². The van der Waals surface area contributed by atoms with Crippen LogP contribution in [0.2, 0.25) is 0 Å². The van der Waals surface area contributed by atoms with Crippen molar-refractivity contribution in [1.82, 2.24) is 0 Å². The number of benzene rings is 4. The van der Waals surface area contributed by atoms with Gasteiger partial charge in [-0.3, -0.25) is 0 Å². The Hall–Kier alpha value is -3.58. The first-order chi connectivity index (χ1) is 19.2. The Balaban J connectivity index is 1.43. The normalized spacial score (nSPS) is 15.8. The summed E-state index contributed by atoms with van der Waals surface area (Å²) in [5.41, 5.74) is 12.2. The van der Waals surface area contributed by atoms with Crippen molar-refractivity contribution in [2.75, 3.05) is 4.90 Å². The van der Waals surface area contributed by atoms with Gasteiger partial charge in [0.25, 0.3) is 0 Å². The van der Waals surface area contributed by atoms with Crippen LogP contribution >= 0.6 is 0 Å². The van der Waals surface area contributed by atoms with Gasteiger partial charge in [0.1, 0.15) is 0 Å². The van der Waals surface area contributed by atoms with Gasteiger partial charge in [-0.15, -0.1) is 0 Å². The Morgan fingerprint density at radius 1 is 0.564 bits per heavy atom. The predicted molar refractivity (Wildman–Crippen MR) is 170 cm³/mol. The van der Waals surface area contributed by atoms with Crippen molar-refractivity contribution in [2.24, 2.45) is 0 Å². The fourth-order valence-electron chi connectivity index (χ4n) is 6.48. The molecule has 0 amide bonds. The first-order valence-corrected chi connectivity index (χ1v) is 15.0. The molecule has 0 unspecified atom stereocenters. The molecule has 39 heavy (non-hydrogen) atoms. The summed E-state index contributed by atoms with van der Waals surface area (Å²) in [4.78, 5) is 2.47. The van der Waals surface area contributed by atoms with E-state index in [1.165, 1.54) is 114 Å². The zero-order valence-corrected chi connectivity index (χ0v) is 23.7. The molecule has 0 atom stereocenters. The number of anilines is 3. The van der Waals surface area contributed by atoms with Gasteiger partial charge in [0.15, 0.2) is 0 Å². The molecule has 0 spiro atoms. The lowest BCUT2D eigenvalue weighted by Crippen LogP contribution is -2.12. The Morgan fingerprint density at radius 3 is 1.56 bits per heavy atom. The molecule has 0 aliphatic heterocycles. The lowest BCUT2D eigenvalue weighted by atomic mass is 9.93. The lowest BCUT2D eigenvalue weighted by molar-refractivity contribution is 0.602. The van der Waals surface area contributed by atoms with Crippen LogP contribution < -0.4 is 4.90 Å². The number of nitrogens with zero attached hydrogens (tertiary/aromatic N) is 1. The molecule has 1 nitrogen and oxygen atoms in total. The molecule has 0 heterocycles. The second kappa shape index (κ2) is 11.7. The van der Waals surface area contributed by atoms with E-state index >= 15 is 0 Å². The summed E-state index contributed by atoms with van der Waals surface area (Å²) >= 11 is 0. The second-order valence-electron chi connectivity index (χ2n) is 11.6. The van der Waals surface area contributed by atoms with Crippen LogP contribution in [0.4, 0.5) is 17.1 Å². The van der Waals surface area contributed by atoms with E-state index in [1.807, 2.05) is 0 Å². The molecular weight excluding hydrogens is 470 g/mol. The van der Waals surface area contributed by atoms with Gasteiger partial charge in [-0.05, 0) is 117 Å². The van der Waals surface area contributed by atoms with E-state index in [0.717, 1.165) is 0 Å². The minimum absolute atomic E-state index is 1.21. The fraction of sp³-hybridized carbons (Fsp3) is 0.316. The van der Waals surface area contributed by atoms with E-state index in [-0.39, 0.29) is 0 Å². The van der Waals surface area contributed by atoms with Crippen molar-refractivity contribution in [2.45, 2.75) is 78.1 Å². The van der Waals surface area contributed by atoms with Crippen LogP contribution in [-0.2, 0) is 0 Å². The summed E-state index contributed by atoms with van der Waals surface area (Å²) < 4.78 is 0. The molecule has 6 rings (SSSR count). The third-order valence-electron chi connectivity index (χ3n) is 8.79. The molecule has 0 bridgehead atoms. The standard InChI is InChI=1S/C38H41N/c1-28-25-34-15-9-10-16-37(34)38(29(28)2)39(35-21-17-32(18-22-35)26-30-11-5-3-6-12-30)36-23-19-33(20-24-36)27-31-13-7-4-8-14-31/h9-10,15-27H,3-8,11-14H2,1-2H3. The van der Waals surface area contributed by atoms with E-state index in [0.29, 0.717) is 0 Å². The molecule has 2 aliphatic rings. The first-order valence-electron chi connectivity index (χ1n) is 15.0. The third kappa shape index (κ3) is 5.74. The number of fused-ring (bicyclic) bond motifs is 1. The maximum Gasteiger partial charge on any atom is 0.0571 e. The van der Waals surface area contributed by atoms with Gasteiger partial charge in [-0.25, -0.2) is 0 Å². The number of aryl methyl sites for hydroxylation is 1. The van der Waals surface area contributed by atoms with E-state index in [2.05, 4.69) is 110 Å². The zero-order chi connectivity index (χ0) is 26.6. The van der Waals surface area contributed by atoms with Crippen LogP contribution in [0.1, 0.15) is 86.5 Å². The first kappa shape index (κ1) is 25.7. The van der Waals surface area contributed by atoms with E-state index < -0.39 is 0 Å². The van der Waals surface area contributed by atoms with Gasteiger partial charge in [-0.2, -0.15) is 0 Å². The number of rotatable bonds is 5. The Labute approximate surface area is 234 Å². The van der Waals surface area contributed by atoms with Crippen LogP contribution in [0, 0.1) is 13.8 Å². The van der Waals surface area contributed by atoms with Crippen LogP contribution in [0.5, 0.6) is 0 Å². The summed E-state index contributed by atoms with van der Waals surface area (Å²) in [7, 11) is 0. The second-order valence-corrected chi connectivity index (χ2v) is 11.6. The van der Waals surface area contributed by atoms with Crippen molar-refractivity contribution in [3.8, 4) is 0 Å². The maximum atomic E-state index is 2.47. The number of hydrogen-bond acceptors (Lipinski definition) is 1. The highest BCUT2D eigenvalue weighted by molar-refractivity contribution is 6.01. The van der Waals surface area contributed by atoms with Crippen LogP contribution in [0.3, 0.4) is 0 Å². The summed E-state index contributed by atoms with van der Waals surface area (Å²) in [6, 6.07) is 29.6. The Bertz CT molecular complexity index is 1410. The fourth-order valence-corrected chi connectivity index (χ4v) is 6.48. The molecule has 2 fully saturated rings. The Morgan fingerprint density at radius 2 is 1.05 bits per heavy atom. The molecule has 4 aromatic carbocycles. The van der Waals surface area contributed by atoms with E-state index in [9.17, 15) is 0 Å². The summed E-state index contributed by atoms with van der Waals surface area (Å²) in [5.74, 6) is 0. The molecule has 0 saturated heterocycles. The number of hydrogen-bond donors (Lipinski definition) is 0. The average Bonchev–Trinajstić information content (AvgIpc) is 2.98. The lowest BCUT2D eigenvalue weighted by Gasteiger charge is -2.29. The minimum atomic E-state index is 1.21. The van der Waals surface area contributed by atoms with Gasteiger partial charge in [-0.1, -0.05) is 90.7 Å². The molecule has 2 aliphatic carbocycles. The zero-order valence-electron chi connectivity index (χ0n) is 23.7. The highest BCUT2D eigenvalue weighted by Gasteiger charge is 2.19. The Kier molecular flexibility index (Phi) is 7.68. The summed E-state index contributed by atoms with van der Waals surface area (Å²) in [6.45, 7) is 4.51. The monoisotopic (exact) mass is 511 g/mol. The van der Waals surface area contributed by atoms with Crippen molar-refractivity contribution in [3.05, 3.63) is 112 Å². The van der Waals surface area contributed by atoms with Crippen molar-refractivity contribution in [1.29, 1.82) is 0 Å². The maximum absolute atomic E-state index is 2.47. The average molecular weight is 512 g/mol. The molecular formula is C38H41N. The number of allylic oxidation sites excluding steroid dienone is 2. The molecule has 0 radical (unpaired) electrons. The van der Waals surface area contributed by atoms with Gasteiger partial charge >= 0.3 is 0 Å². The molecule has 4 aromatic rings. The summed E-state index contributed by atoms with van der Waals surface area (Å²) in [6.07, 6.45) is 18.0. The SMILES string of the molecule is Cc1cc2ccccc2c(N(c2ccc(C=C3CCCCC3)cc2)c2ccc(C=C3CCCCC3)cc2)c1C. The molecule has 0 N–H and O–H groups in total. The van der Waals surface area contributed by atoms with Crippen molar-refractivity contribution < 1.29 is 0 Å². The molecule has 198 valence electrons. The van der Waals surface area contributed by atoms with Gasteiger partial charge in [0, 0.05) is 16.8 Å². The van der Waals surface area contributed by atoms with Gasteiger partial charge in [0.05, 0.1) is 5.69 Å². The molecule has 1 heteroatoms. The van der Waals surface area contributed by atoms with E-state index in [4.69, 9.17) is 0 Å². The van der Waals surface area contributed by atoms with Crippen LogP contribution in [-0.4, -0.2) is 0 Å². The predicted octanol–water partition coefficient (Wildman–Crippen LogP) is 11.6. The highest BCUT2D eigenvalue weighted by Crippen LogP contribution is 2.42. The highest BCUT2D eigenvalue weighted by atomic mass is 15.1. The summed E-state index contributed by atoms with van der Waals surface area (Å²) in [5, 5.41) is 2.58. The largest absolute Gasteiger partial charge is 0.310 e. The van der Waals surface area contributed by atoms with Gasteiger partial charge < -0.3 is 4.90 Å².